The number of aromatic nitrogens is 1. The number of hydrogen-bond acceptors (Lipinski definition) is 5. The van der Waals surface area contributed by atoms with E-state index < -0.39 is 10.9 Å². The lowest BCUT2D eigenvalue weighted by atomic mass is 10.3. The molecule has 2 N–H and O–H groups in total. The SMILES string of the molecule is O=C(O)c1ccc([N+](=O)[O-])c(Nc2cc(Cl)ccc2Cl)n1. The Morgan fingerprint density at radius 1 is 1.29 bits per heavy atom. The molecule has 0 saturated carbocycles. The quantitative estimate of drug-likeness (QED) is 0.654. The van der Waals surface area contributed by atoms with Gasteiger partial charge in [-0.2, -0.15) is 0 Å². The predicted octanol–water partition coefficient (Wildman–Crippen LogP) is 3.74. The first-order valence-corrected chi connectivity index (χ1v) is 6.25. The Hall–Kier alpha value is -2.38. The van der Waals surface area contributed by atoms with Crippen molar-refractivity contribution in [2.75, 3.05) is 5.32 Å². The lowest BCUT2D eigenvalue weighted by molar-refractivity contribution is -0.384. The smallest absolute Gasteiger partial charge is 0.354 e. The van der Waals surface area contributed by atoms with Gasteiger partial charge in [-0.1, -0.05) is 23.2 Å². The molecule has 1 aromatic heterocycles. The van der Waals surface area contributed by atoms with Crippen molar-refractivity contribution in [3.8, 4) is 0 Å². The predicted molar refractivity (Wildman–Crippen MR) is 77.6 cm³/mol. The lowest BCUT2D eigenvalue weighted by Gasteiger charge is -2.09. The lowest BCUT2D eigenvalue weighted by Crippen LogP contribution is -2.06. The fourth-order valence-corrected chi connectivity index (χ4v) is 1.87. The molecule has 0 atom stereocenters. The minimum atomic E-state index is -1.30. The first-order valence-electron chi connectivity index (χ1n) is 5.49. The van der Waals surface area contributed by atoms with Crippen molar-refractivity contribution in [1.29, 1.82) is 0 Å². The summed E-state index contributed by atoms with van der Waals surface area (Å²) in [7, 11) is 0. The number of carbonyl (C=O) groups is 1. The zero-order valence-electron chi connectivity index (χ0n) is 10.2. The molecule has 0 unspecified atom stereocenters. The van der Waals surface area contributed by atoms with Gasteiger partial charge in [0.1, 0.15) is 0 Å². The van der Waals surface area contributed by atoms with Gasteiger partial charge in [0, 0.05) is 11.1 Å². The highest BCUT2D eigenvalue weighted by molar-refractivity contribution is 6.35. The van der Waals surface area contributed by atoms with E-state index in [1.54, 1.807) is 6.07 Å². The Morgan fingerprint density at radius 3 is 2.62 bits per heavy atom. The Balaban J connectivity index is 2.50. The maximum atomic E-state index is 11.0. The Bertz CT molecular complexity index is 736. The summed E-state index contributed by atoms with van der Waals surface area (Å²) in [6.45, 7) is 0. The van der Waals surface area contributed by atoms with Crippen LogP contribution in [0.1, 0.15) is 10.5 Å². The van der Waals surface area contributed by atoms with Gasteiger partial charge in [0.15, 0.2) is 5.69 Å². The third kappa shape index (κ3) is 3.39. The number of nitrogens with one attached hydrogen (secondary N) is 1. The van der Waals surface area contributed by atoms with E-state index in [2.05, 4.69) is 10.3 Å². The molecule has 0 aliphatic heterocycles. The maximum absolute atomic E-state index is 11.0. The molecule has 0 fully saturated rings. The molecule has 0 saturated heterocycles. The van der Waals surface area contributed by atoms with Crippen LogP contribution in [-0.2, 0) is 0 Å². The number of benzene rings is 1. The Kier molecular flexibility index (Phi) is 4.25. The molecule has 0 aliphatic carbocycles. The van der Waals surface area contributed by atoms with Crippen LogP contribution in [0.3, 0.4) is 0 Å². The van der Waals surface area contributed by atoms with Crippen LogP contribution in [0.15, 0.2) is 30.3 Å². The summed E-state index contributed by atoms with van der Waals surface area (Å²) in [5, 5.41) is 23.1. The van der Waals surface area contributed by atoms with Crippen LogP contribution in [0.5, 0.6) is 0 Å². The molecule has 21 heavy (non-hydrogen) atoms. The summed E-state index contributed by atoms with van der Waals surface area (Å²) in [6.07, 6.45) is 0. The standard InChI is InChI=1S/C12H7Cl2N3O4/c13-6-1-2-7(14)9(5-6)16-11-10(17(20)21)4-3-8(15-11)12(18)19/h1-5H,(H,15,16)(H,18,19). The number of nitrogens with zero attached hydrogens (tertiary/aromatic N) is 2. The number of halogens is 2. The number of carboxylic acids is 1. The van der Waals surface area contributed by atoms with E-state index in [1.165, 1.54) is 12.1 Å². The molecular formula is C12H7Cl2N3O4. The summed E-state index contributed by atoms with van der Waals surface area (Å²) in [5.41, 5.74) is -0.431. The topological polar surface area (TPSA) is 105 Å². The molecule has 2 rings (SSSR count). The molecule has 0 bridgehead atoms. The van der Waals surface area contributed by atoms with Gasteiger partial charge < -0.3 is 10.4 Å². The van der Waals surface area contributed by atoms with Crippen molar-refractivity contribution in [3.63, 3.8) is 0 Å². The molecular weight excluding hydrogens is 321 g/mol. The summed E-state index contributed by atoms with van der Waals surface area (Å²) >= 11 is 11.8. The largest absolute Gasteiger partial charge is 0.477 e. The molecule has 2 aromatic rings. The van der Waals surface area contributed by atoms with E-state index in [9.17, 15) is 14.9 Å². The van der Waals surface area contributed by atoms with Crippen LogP contribution in [-0.4, -0.2) is 21.0 Å². The maximum Gasteiger partial charge on any atom is 0.354 e. The molecule has 0 radical (unpaired) electrons. The molecule has 7 nitrogen and oxygen atoms in total. The van der Waals surface area contributed by atoms with Crippen molar-refractivity contribution < 1.29 is 14.8 Å². The molecule has 0 aliphatic rings. The summed E-state index contributed by atoms with van der Waals surface area (Å²) in [6, 6.07) is 6.59. The third-order valence-electron chi connectivity index (χ3n) is 2.47. The summed E-state index contributed by atoms with van der Waals surface area (Å²) < 4.78 is 0. The van der Waals surface area contributed by atoms with Gasteiger partial charge in [0.2, 0.25) is 5.82 Å². The highest BCUT2D eigenvalue weighted by Crippen LogP contribution is 2.31. The van der Waals surface area contributed by atoms with Gasteiger partial charge in [-0.05, 0) is 24.3 Å². The van der Waals surface area contributed by atoms with Crippen LogP contribution >= 0.6 is 23.2 Å². The van der Waals surface area contributed by atoms with E-state index >= 15 is 0 Å². The van der Waals surface area contributed by atoms with Gasteiger partial charge in [-0.3, -0.25) is 10.1 Å². The normalized spacial score (nSPS) is 10.2. The monoisotopic (exact) mass is 327 g/mol. The Labute approximate surface area is 128 Å². The minimum Gasteiger partial charge on any atom is -0.477 e. The number of aromatic carboxylic acids is 1. The van der Waals surface area contributed by atoms with E-state index in [-0.39, 0.29) is 27.9 Å². The van der Waals surface area contributed by atoms with E-state index in [4.69, 9.17) is 28.3 Å². The number of rotatable bonds is 4. The average Bonchev–Trinajstić information content (AvgIpc) is 2.42. The van der Waals surface area contributed by atoms with Crippen molar-refractivity contribution in [2.24, 2.45) is 0 Å². The van der Waals surface area contributed by atoms with Crippen LogP contribution in [0.2, 0.25) is 10.0 Å². The van der Waals surface area contributed by atoms with Gasteiger partial charge in [-0.15, -0.1) is 0 Å². The fourth-order valence-electron chi connectivity index (χ4n) is 1.53. The average molecular weight is 328 g/mol. The number of carboxylic acid groups (broad SMARTS) is 1. The van der Waals surface area contributed by atoms with E-state index in [1.807, 2.05) is 0 Å². The molecule has 9 heteroatoms. The number of hydrogen-bond donors (Lipinski definition) is 2. The van der Waals surface area contributed by atoms with Crippen molar-refractivity contribution in [1.82, 2.24) is 4.98 Å². The zero-order valence-corrected chi connectivity index (χ0v) is 11.7. The highest BCUT2D eigenvalue weighted by atomic mass is 35.5. The zero-order chi connectivity index (χ0) is 15.6. The number of nitro groups is 1. The molecule has 0 amide bonds. The van der Waals surface area contributed by atoms with Crippen molar-refractivity contribution in [3.05, 3.63) is 56.2 Å². The molecule has 0 spiro atoms. The van der Waals surface area contributed by atoms with Crippen LogP contribution in [0.4, 0.5) is 17.2 Å². The third-order valence-corrected chi connectivity index (χ3v) is 3.04. The van der Waals surface area contributed by atoms with Gasteiger partial charge >= 0.3 is 11.7 Å². The second-order valence-electron chi connectivity index (χ2n) is 3.88. The second kappa shape index (κ2) is 5.94. The van der Waals surface area contributed by atoms with Crippen molar-refractivity contribution in [2.45, 2.75) is 0 Å². The molecule has 1 aromatic carbocycles. The summed E-state index contributed by atoms with van der Waals surface area (Å²) in [4.78, 5) is 24.9. The summed E-state index contributed by atoms with van der Waals surface area (Å²) in [5.74, 6) is -1.53. The van der Waals surface area contributed by atoms with Crippen molar-refractivity contribution >= 4 is 46.4 Å². The highest BCUT2D eigenvalue weighted by Gasteiger charge is 2.19. The van der Waals surface area contributed by atoms with Crippen LogP contribution in [0.25, 0.3) is 0 Å². The van der Waals surface area contributed by atoms with Gasteiger partial charge in [0.05, 0.1) is 15.6 Å². The first kappa shape index (κ1) is 15.0. The Morgan fingerprint density at radius 2 is 2.00 bits per heavy atom. The minimum absolute atomic E-state index is 0.232. The molecule has 1 heterocycles. The number of pyridine rings is 1. The fraction of sp³-hybridized carbons (Fsp3) is 0. The second-order valence-corrected chi connectivity index (χ2v) is 4.72. The first-order chi connectivity index (χ1) is 9.88. The van der Waals surface area contributed by atoms with E-state index in [0.29, 0.717) is 5.02 Å². The number of anilines is 2. The molecule has 108 valence electrons. The van der Waals surface area contributed by atoms with Gasteiger partial charge in [0.25, 0.3) is 0 Å². The van der Waals surface area contributed by atoms with Gasteiger partial charge in [-0.25, -0.2) is 9.78 Å². The van der Waals surface area contributed by atoms with E-state index in [0.717, 1.165) is 12.1 Å². The van der Waals surface area contributed by atoms with Crippen LogP contribution < -0.4 is 5.32 Å². The van der Waals surface area contributed by atoms with Crippen LogP contribution in [0, 0.1) is 10.1 Å².